The normalized spacial score (nSPS) is 14.5. The minimum Gasteiger partial charge on any atom is -0.475 e. The second kappa shape index (κ2) is 11.3. The Morgan fingerprint density at radius 1 is 0.903 bits per heavy atom. The first kappa shape index (κ1) is 25.9. The molecule has 1 aromatic carbocycles. The smallest absolute Gasteiger partial charge is 0.475 e. The molecule has 1 aliphatic heterocycles. The van der Waals surface area contributed by atoms with Crippen molar-refractivity contribution in [1.82, 2.24) is 15.1 Å². The SMILES string of the molecule is O=C(O)C(F)(F)F.O=C(O)C(F)(F)F.c1ccc(-c2ccnn2C2CCNCC2)cc1. The molecule has 0 atom stereocenters. The predicted octanol–water partition coefficient (Wildman–Crippen LogP) is 3.74. The van der Waals surface area contributed by atoms with Crippen LogP contribution in [0.1, 0.15) is 18.9 Å². The quantitative estimate of drug-likeness (QED) is 0.596. The lowest BCUT2D eigenvalue weighted by atomic mass is 10.1. The third-order valence-electron chi connectivity index (χ3n) is 3.88. The highest BCUT2D eigenvalue weighted by molar-refractivity contribution is 5.73. The lowest BCUT2D eigenvalue weighted by molar-refractivity contribution is -0.193. The molecule has 3 rings (SSSR count). The molecule has 0 spiro atoms. The predicted molar refractivity (Wildman–Crippen MR) is 96.2 cm³/mol. The summed E-state index contributed by atoms with van der Waals surface area (Å²) in [5, 5.41) is 22.1. The summed E-state index contributed by atoms with van der Waals surface area (Å²) in [6.07, 6.45) is -5.92. The second-order valence-corrected chi connectivity index (χ2v) is 6.11. The highest BCUT2D eigenvalue weighted by Crippen LogP contribution is 2.26. The van der Waals surface area contributed by atoms with Crippen LogP contribution in [0, 0.1) is 0 Å². The number of alkyl halides is 6. The number of rotatable bonds is 2. The number of aromatic nitrogens is 2. The van der Waals surface area contributed by atoms with E-state index in [9.17, 15) is 26.3 Å². The van der Waals surface area contributed by atoms with Crippen LogP contribution in [0.4, 0.5) is 26.3 Å². The van der Waals surface area contributed by atoms with Gasteiger partial charge in [0.2, 0.25) is 0 Å². The van der Waals surface area contributed by atoms with E-state index < -0.39 is 24.3 Å². The van der Waals surface area contributed by atoms with Crippen LogP contribution in [0.2, 0.25) is 0 Å². The molecule has 0 saturated carbocycles. The van der Waals surface area contributed by atoms with Crippen LogP contribution in [0.3, 0.4) is 0 Å². The fourth-order valence-electron chi connectivity index (χ4n) is 2.49. The zero-order valence-electron chi connectivity index (χ0n) is 15.8. The summed E-state index contributed by atoms with van der Waals surface area (Å²) in [6.45, 7) is 2.19. The highest BCUT2D eigenvalue weighted by Gasteiger charge is 2.38. The molecule has 1 fully saturated rings. The zero-order valence-corrected chi connectivity index (χ0v) is 15.8. The van der Waals surface area contributed by atoms with Crippen molar-refractivity contribution in [2.75, 3.05) is 13.1 Å². The maximum Gasteiger partial charge on any atom is 0.490 e. The average Bonchev–Trinajstić information content (AvgIpc) is 3.19. The van der Waals surface area contributed by atoms with Crippen molar-refractivity contribution in [3.8, 4) is 11.3 Å². The number of nitrogens with one attached hydrogen (secondary N) is 1. The number of carboxylic acids is 2. The van der Waals surface area contributed by atoms with Crippen LogP contribution in [-0.4, -0.2) is 57.4 Å². The van der Waals surface area contributed by atoms with Crippen molar-refractivity contribution in [2.24, 2.45) is 0 Å². The third kappa shape index (κ3) is 9.07. The number of aliphatic carboxylic acids is 2. The summed E-state index contributed by atoms with van der Waals surface area (Å²) in [6, 6.07) is 13.2. The number of benzene rings is 1. The second-order valence-electron chi connectivity index (χ2n) is 6.11. The van der Waals surface area contributed by atoms with Crippen LogP contribution < -0.4 is 5.32 Å². The molecule has 0 unspecified atom stereocenters. The van der Waals surface area contributed by atoms with E-state index in [1.165, 1.54) is 24.1 Å². The van der Waals surface area contributed by atoms with Gasteiger partial charge in [0.25, 0.3) is 0 Å². The molecule has 7 nitrogen and oxygen atoms in total. The van der Waals surface area contributed by atoms with E-state index in [2.05, 4.69) is 51.5 Å². The molecule has 3 N–H and O–H groups in total. The van der Waals surface area contributed by atoms with Gasteiger partial charge in [-0.15, -0.1) is 0 Å². The van der Waals surface area contributed by atoms with E-state index in [-0.39, 0.29) is 0 Å². The number of piperidine rings is 1. The fraction of sp³-hybridized carbons (Fsp3) is 0.389. The van der Waals surface area contributed by atoms with E-state index in [0.717, 1.165) is 13.1 Å². The lowest BCUT2D eigenvalue weighted by Crippen LogP contribution is -2.30. The molecule has 172 valence electrons. The van der Waals surface area contributed by atoms with Crippen molar-refractivity contribution in [2.45, 2.75) is 31.2 Å². The molecule has 0 bridgehead atoms. The molecule has 1 saturated heterocycles. The van der Waals surface area contributed by atoms with Gasteiger partial charge in [0.1, 0.15) is 0 Å². The topological polar surface area (TPSA) is 104 Å². The van der Waals surface area contributed by atoms with Gasteiger partial charge in [0.15, 0.2) is 0 Å². The van der Waals surface area contributed by atoms with Gasteiger partial charge in [-0.2, -0.15) is 31.4 Å². The molecule has 1 aromatic heterocycles. The van der Waals surface area contributed by atoms with Crippen molar-refractivity contribution < 1.29 is 46.1 Å². The van der Waals surface area contributed by atoms with Crippen molar-refractivity contribution in [3.05, 3.63) is 42.6 Å². The van der Waals surface area contributed by atoms with Gasteiger partial charge in [-0.05, 0) is 37.6 Å². The summed E-state index contributed by atoms with van der Waals surface area (Å²) in [4.78, 5) is 17.8. The Morgan fingerprint density at radius 3 is 1.77 bits per heavy atom. The number of carbonyl (C=O) groups is 2. The van der Waals surface area contributed by atoms with Gasteiger partial charge >= 0.3 is 24.3 Å². The molecule has 0 aliphatic carbocycles. The standard InChI is InChI=1S/C14H17N3.2C2HF3O2/c1-2-4-12(5-3-1)14-8-11-16-17(14)13-6-9-15-10-7-13;2*3-2(4,5)1(6)7/h1-5,8,11,13,15H,6-7,9-10H2;2*(H,6,7). The van der Waals surface area contributed by atoms with Crippen LogP contribution >= 0.6 is 0 Å². The first-order chi connectivity index (χ1) is 14.3. The van der Waals surface area contributed by atoms with Crippen LogP contribution in [-0.2, 0) is 9.59 Å². The van der Waals surface area contributed by atoms with Gasteiger partial charge < -0.3 is 15.5 Å². The van der Waals surface area contributed by atoms with E-state index in [4.69, 9.17) is 19.8 Å². The summed E-state index contributed by atoms with van der Waals surface area (Å²) in [5.41, 5.74) is 2.49. The lowest BCUT2D eigenvalue weighted by Gasteiger charge is -2.24. The Bertz CT molecular complexity index is 807. The molecule has 2 aromatic rings. The molecule has 0 radical (unpaired) electrons. The van der Waals surface area contributed by atoms with E-state index in [0.29, 0.717) is 6.04 Å². The third-order valence-corrected chi connectivity index (χ3v) is 3.88. The maximum atomic E-state index is 10.6. The van der Waals surface area contributed by atoms with Gasteiger partial charge in [0, 0.05) is 6.20 Å². The molecule has 1 aliphatic rings. The minimum absolute atomic E-state index is 0.543. The van der Waals surface area contributed by atoms with Crippen molar-refractivity contribution in [3.63, 3.8) is 0 Å². The van der Waals surface area contributed by atoms with Crippen molar-refractivity contribution >= 4 is 11.9 Å². The van der Waals surface area contributed by atoms with E-state index in [1.807, 2.05) is 6.20 Å². The Hall–Kier alpha value is -3.09. The van der Waals surface area contributed by atoms with Crippen LogP contribution in [0.25, 0.3) is 11.3 Å². The molecular weight excluding hydrogens is 436 g/mol. The maximum absolute atomic E-state index is 10.6. The summed E-state index contributed by atoms with van der Waals surface area (Å²) >= 11 is 0. The zero-order chi connectivity index (χ0) is 23.7. The molecule has 13 heteroatoms. The van der Waals surface area contributed by atoms with E-state index in [1.54, 1.807) is 0 Å². The Kier molecular flexibility index (Phi) is 9.49. The van der Waals surface area contributed by atoms with Gasteiger partial charge in [0.05, 0.1) is 11.7 Å². The van der Waals surface area contributed by atoms with Crippen molar-refractivity contribution in [1.29, 1.82) is 0 Å². The minimum atomic E-state index is -5.08. The first-order valence-corrected chi connectivity index (χ1v) is 8.74. The first-order valence-electron chi connectivity index (χ1n) is 8.74. The monoisotopic (exact) mass is 455 g/mol. The average molecular weight is 455 g/mol. The Morgan fingerprint density at radius 2 is 1.35 bits per heavy atom. The summed E-state index contributed by atoms with van der Waals surface area (Å²) in [5.74, 6) is -5.51. The molecular formula is C18H19F6N3O4. The van der Waals surface area contributed by atoms with Gasteiger partial charge in [-0.1, -0.05) is 30.3 Å². The molecule has 0 amide bonds. The number of halogens is 6. The largest absolute Gasteiger partial charge is 0.490 e. The number of nitrogens with zero attached hydrogens (tertiary/aromatic N) is 2. The molecule has 2 heterocycles. The Balaban J connectivity index is 0.000000288. The fourth-order valence-corrected chi connectivity index (χ4v) is 2.49. The highest BCUT2D eigenvalue weighted by atomic mass is 19.4. The van der Waals surface area contributed by atoms with Crippen LogP contribution in [0.5, 0.6) is 0 Å². The number of hydrogen-bond donors (Lipinski definition) is 3. The van der Waals surface area contributed by atoms with Crippen LogP contribution in [0.15, 0.2) is 42.6 Å². The number of carboxylic acid groups (broad SMARTS) is 2. The van der Waals surface area contributed by atoms with Gasteiger partial charge in [-0.25, -0.2) is 9.59 Å². The van der Waals surface area contributed by atoms with E-state index >= 15 is 0 Å². The molecule has 31 heavy (non-hydrogen) atoms. The van der Waals surface area contributed by atoms with Gasteiger partial charge in [-0.3, -0.25) is 4.68 Å². The summed E-state index contributed by atoms with van der Waals surface area (Å²) in [7, 11) is 0. The number of hydrogen-bond acceptors (Lipinski definition) is 4. The Labute approximate surface area is 172 Å². The summed E-state index contributed by atoms with van der Waals surface area (Å²) < 4.78 is 65.7.